The van der Waals surface area contributed by atoms with Crippen molar-refractivity contribution in [3.8, 4) is 0 Å². The molecule has 0 spiro atoms. The molecule has 0 aromatic carbocycles. The molecule has 2 atom stereocenters. The van der Waals surface area contributed by atoms with Gasteiger partial charge in [0.2, 0.25) is 10.0 Å². The maximum absolute atomic E-state index is 12.0. The van der Waals surface area contributed by atoms with Crippen LogP contribution in [0.15, 0.2) is 0 Å². The van der Waals surface area contributed by atoms with Gasteiger partial charge in [0.1, 0.15) is 9.84 Å². The average Bonchev–Trinajstić information content (AvgIpc) is 2.25. The topological polar surface area (TPSA) is 91.8 Å². The number of aliphatic hydroxyl groups excluding tert-OH is 1. The Morgan fingerprint density at radius 1 is 1.11 bits per heavy atom. The van der Waals surface area contributed by atoms with Crippen molar-refractivity contribution in [3.63, 3.8) is 0 Å². The Balaban J connectivity index is 2.72. The summed E-state index contributed by atoms with van der Waals surface area (Å²) in [6.45, 7) is 0. The molecule has 1 saturated carbocycles. The molecule has 6 nitrogen and oxygen atoms in total. The van der Waals surface area contributed by atoms with Crippen molar-refractivity contribution in [2.45, 2.75) is 37.8 Å². The van der Waals surface area contributed by atoms with Crippen LogP contribution in [0.4, 0.5) is 0 Å². The summed E-state index contributed by atoms with van der Waals surface area (Å²) in [6, 6.07) is -0.427. The van der Waals surface area contributed by atoms with Gasteiger partial charge < -0.3 is 5.11 Å². The third-order valence-corrected chi connectivity index (χ3v) is 6.38. The molecule has 1 N–H and O–H groups in total. The van der Waals surface area contributed by atoms with Crippen molar-refractivity contribution in [2.75, 3.05) is 24.8 Å². The summed E-state index contributed by atoms with van der Waals surface area (Å²) in [5.41, 5.74) is 0. The first-order valence-electron chi connectivity index (χ1n) is 5.95. The van der Waals surface area contributed by atoms with Crippen molar-refractivity contribution in [1.82, 2.24) is 4.31 Å². The fourth-order valence-electron chi connectivity index (χ4n) is 2.12. The van der Waals surface area contributed by atoms with Gasteiger partial charge in [0, 0.05) is 13.3 Å². The lowest BCUT2D eigenvalue weighted by atomic mass is 9.93. The van der Waals surface area contributed by atoms with Gasteiger partial charge in [-0.1, -0.05) is 12.8 Å². The second kappa shape index (κ2) is 5.85. The summed E-state index contributed by atoms with van der Waals surface area (Å²) >= 11 is 0. The Kier molecular flexibility index (Phi) is 5.16. The summed E-state index contributed by atoms with van der Waals surface area (Å²) in [7, 11) is -5.52. The van der Waals surface area contributed by atoms with E-state index in [0.717, 1.165) is 23.4 Å². The number of hydrogen-bond donors (Lipinski definition) is 1. The lowest BCUT2D eigenvalue weighted by Crippen LogP contribution is -2.47. The molecule has 1 aliphatic carbocycles. The molecule has 0 aromatic heterocycles. The Morgan fingerprint density at radius 2 is 1.67 bits per heavy atom. The van der Waals surface area contributed by atoms with Crippen molar-refractivity contribution < 1.29 is 21.9 Å². The smallest absolute Gasteiger partial charge is 0.215 e. The second-order valence-corrected chi connectivity index (χ2v) is 9.29. The van der Waals surface area contributed by atoms with Gasteiger partial charge in [-0.2, -0.15) is 4.31 Å². The van der Waals surface area contributed by atoms with Crippen LogP contribution in [-0.2, 0) is 19.9 Å². The molecule has 0 radical (unpaired) electrons. The van der Waals surface area contributed by atoms with Gasteiger partial charge in [0.25, 0.3) is 0 Å². The van der Waals surface area contributed by atoms with E-state index in [1.807, 2.05) is 0 Å². The van der Waals surface area contributed by atoms with E-state index in [1.54, 1.807) is 0 Å². The van der Waals surface area contributed by atoms with E-state index in [9.17, 15) is 21.9 Å². The maximum atomic E-state index is 12.0. The molecule has 108 valence electrons. The summed E-state index contributed by atoms with van der Waals surface area (Å²) in [6.07, 6.45) is 3.35. The highest BCUT2D eigenvalue weighted by Gasteiger charge is 2.33. The summed E-state index contributed by atoms with van der Waals surface area (Å²) in [5, 5.41) is 9.81. The van der Waals surface area contributed by atoms with E-state index in [1.165, 1.54) is 7.05 Å². The molecule has 0 saturated heterocycles. The fourth-order valence-corrected chi connectivity index (χ4v) is 5.12. The number of hydrogen-bond acceptors (Lipinski definition) is 5. The molecule has 0 amide bonds. The number of likely N-dealkylation sites (N-methyl/N-ethyl adjacent to an activating group) is 1. The zero-order chi connectivity index (χ0) is 14.0. The molecular weight excluding hydrogens is 278 g/mol. The van der Waals surface area contributed by atoms with Crippen LogP contribution in [0.5, 0.6) is 0 Å². The van der Waals surface area contributed by atoms with Gasteiger partial charge in [-0.15, -0.1) is 0 Å². The Labute approximate surface area is 109 Å². The van der Waals surface area contributed by atoms with Crippen LogP contribution in [0.1, 0.15) is 25.7 Å². The summed E-state index contributed by atoms with van der Waals surface area (Å²) < 4.78 is 47.1. The Morgan fingerprint density at radius 3 is 2.17 bits per heavy atom. The third kappa shape index (κ3) is 4.49. The zero-order valence-corrected chi connectivity index (χ0v) is 12.4. The van der Waals surface area contributed by atoms with Crippen molar-refractivity contribution in [2.24, 2.45) is 0 Å². The van der Waals surface area contributed by atoms with Gasteiger partial charge in [-0.25, -0.2) is 16.8 Å². The molecule has 0 heterocycles. The molecule has 2 unspecified atom stereocenters. The van der Waals surface area contributed by atoms with Crippen LogP contribution < -0.4 is 0 Å². The summed E-state index contributed by atoms with van der Waals surface area (Å²) in [4.78, 5) is 0. The highest BCUT2D eigenvalue weighted by atomic mass is 32.2. The molecule has 0 aromatic rings. The second-order valence-electron chi connectivity index (χ2n) is 4.88. The Bertz CT molecular complexity index is 470. The van der Waals surface area contributed by atoms with E-state index in [4.69, 9.17) is 0 Å². The van der Waals surface area contributed by atoms with Crippen LogP contribution in [0, 0.1) is 0 Å². The van der Waals surface area contributed by atoms with Crippen molar-refractivity contribution in [1.29, 1.82) is 0 Å². The fraction of sp³-hybridized carbons (Fsp3) is 1.00. The van der Waals surface area contributed by atoms with E-state index in [-0.39, 0.29) is 5.75 Å². The minimum Gasteiger partial charge on any atom is -0.391 e. The zero-order valence-electron chi connectivity index (χ0n) is 10.7. The monoisotopic (exact) mass is 299 g/mol. The maximum Gasteiger partial charge on any atom is 0.215 e. The largest absolute Gasteiger partial charge is 0.391 e. The lowest BCUT2D eigenvalue weighted by Gasteiger charge is -2.34. The van der Waals surface area contributed by atoms with Crippen LogP contribution in [0.2, 0.25) is 0 Å². The molecule has 0 aliphatic heterocycles. The van der Waals surface area contributed by atoms with Crippen LogP contribution in [-0.4, -0.2) is 63.2 Å². The molecular formula is C10H21NO5S2. The highest BCUT2D eigenvalue weighted by molar-refractivity contribution is 7.93. The number of sulfonamides is 1. The van der Waals surface area contributed by atoms with Crippen molar-refractivity contribution in [3.05, 3.63) is 0 Å². The van der Waals surface area contributed by atoms with Crippen LogP contribution in [0.25, 0.3) is 0 Å². The predicted molar refractivity (Wildman–Crippen MR) is 69.5 cm³/mol. The standard InChI is InChI=1S/C10H21NO5S2/c1-11(9-5-3-4-6-10(9)12)18(15,16)8-7-17(2,13)14/h9-10,12H,3-8H2,1-2H3. The van der Waals surface area contributed by atoms with E-state index < -0.39 is 37.8 Å². The van der Waals surface area contributed by atoms with Gasteiger partial charge in [-0.3, -0.25) is 0 Å². The van der Waals surface area contributed by atoms with E-state index >= 15 is 0 Å². The van der Waals surface area contributed by atoms with E-state index in [0.29, 0.717) is 12.8 Å². The number of rotatable bonds is 5. The van der Waals surface area contributed by atoms with Crippen LogP contribution >= 0.6 is 0 Å². The molecule has 0 bridgehead atoms. The highest BCUT2D eigenvalue weighted by Crippen LogP contribution is 2.24. The minimum atomic E-state index is -3.63. The first-order chi connectivity index (χ1) is 8.13. The number of sulfone groups is 1. The number of aliphatic hydroxyl groups is 1. The molecule has 1 rings (SSSR count). The van der Waals surface area contributed by atoms with Crippen molar-refractivity contribution >= 4 is 19.9 Å². The van der Waals surface area contributed by atoms with Crippen LogP contribution in [0.3, 0.4) is 0 Å². The summed E-state index contributed by atoms with van der Waals surface area (Å²) in [5.74, 6) is -0.811. The Hall–Kier alpha value is -0.180. The minimum absolute atomic E-state index is 0.386. The molecule has 1 fully saturated rings. The number of nitrogens with zero attached hydrogens (tertiary/aromatic N) is 1. The van der Waals surface area contributed by atoms with Gasteiger partial charge >= 0.3 is 0 Å². The first-order valence-corrected chi connectivity index (χ1v) is 9.62. The van der Waals surface area contributed by atoms with Gasteiger partial charge in [0.15, 0.2) is 0 Å². The molecule has 8 heteroatoms. The predicted octanol–water partition coefficient (Wildman–Crippen LogP) is -0.404. The normalized spacial score (nSPS) is 26.4. The average molecular weight is 299 g/mol. The third-order valence-electron chi connectivity index (χ3n) is 3.31. The lowest BCUT2D eigenvalue weighted by molar-refractivity contribution is 0.0639. The van der Waals surface area contributed by atoms with Gasteiger partial charge in [-0.05, 0) is 12.8 Å². The first kappa shape index (κ1) is 15.9. The van der Waals surface area contributed by atoms with E-state index in [2.05, 4.69) is 0 Å². The van der Waals surface area contributed by atoms with Gasteiger partial charge in [0.05, 0.1) is 23.7 Å². The molecule has 1 aliphatic rings. The molecule has 18 heavy (non-hydrogen) atoms. The quantitative estimate of drug-likeness (QED) is 0.745. The SMILES string of the molecule is CN(C1CCCCC1O)S(=O)(=O)CCS(C)(=O)=O.